The molecule has 1 fully saturated rings. The zero-order chi connectivity index (χ0) is 23.4. The number of likely N-dealkylation sites (tertiary alicyclic amines) is 1. The van der Waals surface area contributed by atoms with Gasteiger partial charge in [-0.25, -0.2) is 13.8 Å². The lowest BCUT2D eigenvalue weighted by molar-refractivity contribution is -0.128. The van der Waals surface area contributed by atoms with E-state index in [9.17, 15) is 18.8 Å². The van der Waals surface area contributed by atoms with E-state index < -0.39 is 17.7 Å². The van der Waals surface area contributed by atoms with Crippen LogP contribution < -0.4 is 5.32 Å². The summed E-state index contributed by atoms with van der Waals surface area (Å²) < 4.78 is 28.1. The molecule has 33 heavy (non-hydrogen) atoms. The van der Waals surface area contributed by atoms with Gasteiger partial charge in [0.2, 0.25) is 11.9 Å². The van der Waals surface area contributed by atoms with Gasteiger partial charge in [0.25, 0.3) is 0 Å². The number of carbonyl (C=O) groups excluding carboxylic acids is 1. The Morgan fingerprint density at radius 1 is 1.30 bits per heavy atom. The van der Waals surface area contributed by atoms with Crippen molar-refractivity contribution in [3.05, 3.63) is 70.2 Å². The van der Waals surface area contributed by atoms with Crippen LogP contribution in [0, 0.1) is 23.1 Å². The third kappa shape index (κ3) is 5.12. The molecule has 0 saturated carbocycles. The molecule has 1 N–H and O–H groups in total. The van der Waals surface area contributed by atoms with Crippen molar-refractivity contribution >= 4 is 29.2 Å². The highest BCUT2D eigenvalue weighted by Crippen LogP contribution is 2.25. The fourth-order valence-electron chi connectivity index (χ4n) is 4.02. The third-order valence-electron chi connectivity index (χ3n) is 5.55. The van der Waals surface area contributed by atoms with Crippen LogP contribution in [0.15, 0.2) is 52.6 Å². The van der Waals surface area contributed by atoms with Crippen LogP contribution in [0.2, 0.25) is 5.02 Å². The summed E-state index contributed by atoms with van der Waals surface area (Å²) in [5.41, 5.74) is 1.39. The molecule has 2 heterocycles. The Hall–Kier alpha value is -3.51. The van der Waals surface area contributed by atoms with Crippen LogP contribution in [0.1, 0.15) is 24.0 Å². The monoisotopic (exact) mass is 470 g/mol. The van der Waals surface area contributed by atoms with Gasteiger partial charge in [-0.15, -0.1) is 0 Å². The lowest BCUT2D eigenvalue weighted by Crippen LogP contribution is -2.46. The van der Waals surface area contributed by atoms with Gasteiger partial charge in [-0.1, -0.05) is 23.7 Å². The van der Waals surface area contributed by atoms with Crippen molar-refractivity contribution in [3.8, 4) is 6.19 Å². The van der Waals surface area contributed by atoms with E-state index >= 15 is 0 Å². The quantitative estimate of drug-likeness (QED) is 0.314. The van der Waals surface area contributed by atoms with Crippen LogP contribution in [-0.2, 0) is 11.2 Å². The van der Waals surface area contributed by atoms with Gasteiger partial charge in [0.05, 0.1) is 18.3 Å². The molecule has 2 aliphatic heterocycles. The Bertz CT molecular complexity index is 1160. The first kappa shape index (κ1) is 22.7. The summed E-state index contributed by atoms with van der Waals surface area (Å²) in [5.74, 6) is -1.33. The number of carbonyl (C=O) groups is 1. The number of amides is 1. The third-order valence-corrected chi connectivity index (χ3v) is 5.78. The first-order valence-electron chi connectivity index (χ1n) is 10.5. The van der Waals surface area contributed by atoms with Crippen molar-refractivity contribution in [1.29, 1.82) is 5.26 Å². The van der Waals surface area contributed by atoms with E-state index in [2.05, 4.69) is 15.4 Å². The summed E-state index contributed by atoms with van der Waals surface area (Å²) in [4.78, 5) is 18.5. The molecule has 1 unspecified atom stereocenters. The Morgan fingerprint density at radius 3 is 2.85 bits per heavy atom. The maximum absolute atomic E-state index is 14.6. The van der Waals surface area contributed by atoms with Crippen molar-refractivity contribution in [2.75, 3.05) is 19.6 Å². The molecule has 4 rings (SSSR count). The molecule has 0 bridgehead atoms. The van der Waals surface area contributed by atoms with Gasteiger partial charge in [0.1, 0.15) is 11.6 Å². The van der Waals surface area contributed by atoms with Crippen LogP contribution in [0.5, 0.6) is 0 Å². The molecule has 2 aliphatic rings. The minimum atomic E-state index is -0.764. The highest BCUT2D eigenvalue weighted by Gasteiger charge is 2.39. The predicted octanol–water partition coefficient (Wildman–Crippen LogP) is 3.30. The highest BCUT2D eigenvalue weighted by atomic mass is 35.5. The van der Waals surface area contributed by atoms with Crippen molar-refractivity contribution in [2.45, 2.75) is 25.3 Å². The lowest BCUT2D eigenvalue weighted by Gasteiger charge is -2.25. The van der Waals surface area contributed by atoms with E-state index in [-0.39, 0.29) is 24.0 Å². The Labute approximate surface area is 195 Å². The zero-order valence-corrected chi connectivity index (χ0v) is 18.4. The number of rotatable bonds is 5. The smallest absolute Gasteiger partial charge is 0.228 e. The normalized spacial score (nSPS) is 18.5. The SMILES string of the molecule is N#CNC(=NCCc1cccc(Cl)c1)N1CC(N2CCCC2=O)C(c2ccc(F)cc2F)=N1. The molecule has 1 atom stereocenters. The molecule has 0 spiro atoms. The van der Waals surface area contributed by atoms with E-state index in [1.54, 1.807) is 11.0 Å². The Morgan fingerprint density at radius 2 is 2.15 bits per heavy atom. The van der Waals surface area contributed by atoms with E-state index in [0.29, 0.717) is 43.1 Å². The zero-order valence-electron chi connectivity index (χ0n) is 17.6. The maximum Gasteiger partial charge on any atom is 0.228 e. The summed E-state index contributed by atoms with van der Waals surface area (Å²) in [6, 6.07) is 10.1. The summed E-state index contributed by atoms with van der Waals surface area (Å²) in [6.07, 6.45) is 3.55. The van der Waals surface area contributed by atoms with Crippen molar-refractivity contribution in [1.82, 2.24) is 15.2 Å². The number of halogens is 3. The fraction of sp³-hybridized carbons (Fsp3) is 0.304. The molecule has 10 heteroatoms. The van der Waals surface area contributed by atoms with Crippen molar-refractivity contribution < 1.29 is 13.6 Å². The summed E-state index contributed by atoms with van der Waals surface area (Å²) in [7, 11) is 0. The van der Waals surface area contributed by atoms with E-state index in [4.69, 9.17) is 11.6 Å². The topological polar surface area (TPSA) is 84.1 Å². The van der Waals surface area contributed by atoms with Gasteiger partial charge >= 0.3 is 0 Å². The molecular formula is C23H21ClF2N6O. The van der Waals surface area contributed by atoms with E-state index in [0.717, 1.165) is 17.7 Å². The molecule has 1 saturated heterocycles. The number of benzene rings is 2. The minimum absolute atomic E-state index is 0.0512. The molecule has 0 radical (unpaired) electrons. The number of nitriles is 1. The number of aliphatic imine (C=N–C) groups is 1. The molecule has 7 nitrogen and oxygen atoms in total. The van der Waals surface area contributed by atoms with Crippen LogP contribution in [0.4, 0.5) is 8.78 Å². The average molecular weight is 471 g/mol. The molecule has 2 aromatic carbocycles. The molecule has 2 aromatic rings. The van der Waals surface area contributed by atoms with Crippen molar-refractivity contribution in [3.63, 3.8) is 0 Å². The number of hydrazone groups is 1. The van der Waals surface area contributed by atoms with Gasteiger partial charge in [0, 0.05) is 36.2 Å². The Balaban J connectivity index is 1.62. The second kappa shape index (κ2) is 9.96. The van der Waals surface area contributed by atoms with Crippen molar-refractivity contribution in [2.24, 2.45) is 10.1 Å². The second-order valence-electron chi connectivity index (χ2n) is 7.72. The number of hydrogen-bond donors (Lipinski definition) is 1. The lowest BCUT2D eigenvalue weighted by atomic mass is 10.0. The number of guanidine groups is 1. The molecular weight excluding hydrogens is 450 g/mol. The van der Waals surface area contributed by atoms with Crippen LogP contribution in [0.25, 0.3) is 0 Å². The van der Waals surface area contributed by atoms with Gasteiger partial charge in [-0.3, -0.25) is 15.1 Å². The van der Waals surface area contributed by atoms with Gasteiger partial charge in [0.15, 0.2) is 6.19 Å². The highest BCUT2D eigenvalue weighted by molar-refractivity contribution is 6.30. The van der Waals surface area contributed by atoms with E-state index in [1.165, 1.54) is 11.1 Å². The first-order valence-corrected chi connectivity index (χ1v) is 10.9. The number of hydrogen-bond acceptors (Lipinski definition) is 4. The maximum atomic E-state index is 14.6. The minimum Gasteiger partial charge on any atom is -0.332 e. The van der Waals surface area contributed by atoms with Crippen LogP contribution in [-0.4, -0.2) is 53.2 Å². The average Bonchev–Trinajstić information content (AvgIpc) is 3.39. The van der Waals surface area contributed by atoms with Crippen LogP contribution >= 0.6 is 11.6 Å². The summed E-state index contributed by atoms with van der Waals surface area (Å²) >= 11 is 6.02. The first-order chi connectivity index (χ1) is 16.0. The molecule has 1 amide bonds. The van der Waals surface area contributed by atoms with E-state index in [1.807, 2.05) is 24.4 Å². The van der Waals surface area contributed by atoms with Gasteiger partial charge < -0.3 is 4.90 Å². The summed E-state index contributed by atoms with van der Waals surface area (Å²) in [6.45, 7) is 1.07. The molecule has 170 valence electrons. The fourth-order valence-corrected chi connectivity index (χ4v) is 4.23. The van der Waals surface area contributed by atoms with Gasteiger partial charge in [-0.05, 0) is 42.7 Å². The predicted molar refractivity (Wildman–Crippen MR) is 121 cm³/mol. The molecule has 0 aliphatic carbocycles. The second-order valence-corrected chi connectivity index (χ2v) is 8.16. The Kier molecular flexibility index (Phi) is 6.84. The van der Waals surface area contributed by atoms with Crippen LogP contribution in [0.3, 0.4) is 0 Å². The summed E-state index contributed by atoms with van der Waals surface area (Å²) in [5, 5.41) is 18.3. The molecule has 0 aromatic heterocycles. The standard InChI is InChI=1S/C23H21ClF2N6O/c24-16-4-1-3-15(11-16)8-9-28-23(29-14-27)32-13-20(31-10-2-5-21(31)33)22(30-32)18-7-6-17(25)12-19(18)26/h1,3-4,6-7,11-12,20H,2,5,8-10,13H2,(H,28,29). The number of nitrogens with one attached hydrogen (secondary N) is 1. The van der Waals surface area contributed by atoms with Gasteiger partial charge in [-0.2, -0.15) is 10.4 Å². The number of nitrogens with zero attached hydrogens (tertiary/aromatic N) is 5. The largest absolute Gasteiger partial charge is 0.332 e.